The first kappa shape index (κ1) is 20.4. The van der Waals surface area contributed by atoms with Crippen LogP contribution in [0.25, 0.3) is 11.2 Å². The third kappa shape index (κ3) is 4.82. The lowest BCUT2D eigenvalue weighted by molar-refractivity contribution is 0.282. The van der Waals surface area contributed by atoms with Crippen molar-refractivity contribution in [1.29, 1.82) is 0 Å². The second-order valence-electron chi connectivity index (χ2n) is 6.76. The SMILES string of the molecule is Cn1cnc2c1c(=O)n(CCCCCCO)c(=O)n2CCCCCCN. The number of unbranched alkanes of at least 4 members (excludes halogenated alkanes) is 6. The second-order valence-corrected chi connectivity index (χ2v) is 6.76. The van der Waals surface area contributed by atoms with E-state index in [0.29, 0.717) is 30.8 Å². The Morgan fingerprint density at radius 1 is 0.962 bits per heavy atom. The van der Waals surface area contributed by atoms with Gasteiger partial charge in [-0.3, -0.25) is 13.9 Å². The third-order valence-electron chi connectivity index (χ3n) is 4.71. The Morgan fingerprint density at radius 3 is 2.23 bits per heavy atom. The predicted molar refractivity (Wildman–Crippen MR) is 102 cm³/mol. The van der Waals surface area contributed by atoms with Gasteiger partial charge in [-0.1, -0.05) is 25.7 Å². The normalized spacial score (nSPS) is 11.5. The van der Waals surface area contributed by atoms with Gasteiger partial charge in [-0.2, -0.15) is 0 Å². The van der Waals surface area contributed by atoms with Crippen molar-refractivity contribution in [2.24, 2.45) is 12.8 Å². The van der Waals surface area contributed by atoms with Gasteiger partial charge in [0.25, 0.3) is 5.56 Å². The van der Waals surface area contributed by atoms with Gasteiger partial charge < -0.3 is 15.4 Å². The molecule has 0 unspecified atom stereocenters. The lowest BCUT2D eigenvalue weighted by Crippen LogP contribution is -2.40. The molecule has 146 valence electrons. The molecule has 0 bridgehead atoms. The summed E-state index contributed by atoms with van der Waals surface area (Å²) in [4.78, 5) is 29.9. The van der Waals surface area contributed by atoms with Gasteiger partial charge in [0.15, 0.2) is 11.2 Å². The Hall–Kier alpha value is -1.93. The quantitative estimate of drug-likeness (QED) is 0.545. The van der Waals surface area contributed by atoms with E-state index in [-0.39, 0.29) is 17.9 Å². The first-order chi connectivity index (χ1) is 12.6. The van der Waals surface area contributed by atoms with E-state index >= 15 is 0 Å². The van der Waals surface area contributed by atoms with Gasteiger partial charge in [-0.15, -0.1) is 0 Å². The number of nitrogens with two attached hydrogens (primary N) is 1. The molecule has 26 heavy (non-hydrogen) atoms. The summed E-state index contributed by atoms with van der Waals surface area (Å²) in [5.41, 5.74) is 5.91. The van der Waals surface area contributed by atoms with Crippen molar-refractivity contribution in [3.8, 4) is 0 Å². The molecule has 0 saturated heterocycles. The van der Waals surface area contributed by atoms with Crippen LogP contribution in [0.4, 0.5) is 0 Å². The molecule has 0 fully saturated rings. The minimum Gasteiger partial charge on any atom is -0.396 e. The van der Waals surface area contributed by atoms with Crippen molar-refractivity contribution < 1.29 is 5.11 Å². The van der Waals surface area contributed by atoms with E-state index in [0.717, 1.165) is 51.4 Å². The highest BCUT2D eigenvalue weighted by Gasteiger charge is 2.16. The van der Waals surface area contributed by atoms with Gasteiger partial charge in [0.1, 0.15) is 0 Å². The van der Waals surface area contributed by atoms with E-state index in [4.69, 9.17) is 10.8 Å². The number of aryl methyl sites for hydroxylation is 2. The average molecular weight is 365 g/mol. The van der Waals surface area contributed by atoms with Crippen LogP contribution in [-0.2, 0) is 20.1 Å². The Bertz CT molecular complexity index is 805. The standard InChI is InChI=1S/C18H31N5O3/c1-21-14-20-16-15(21)17(25)23(12-8-4-5-9-13-24)18(26)22(16)11-7-3-2-6-10-19/h14,24H,2-13,19H2,1H3. The van der Waals surface area contributed by atoms with Crippen molar-refractivity contribution in [3.05, 3.63) is 27.2 Å². The molecule has 0 aliphatic heterocycles. The lowest BCUT2D eigenvalue weighted by atomic mass is 10.2. The Kier molecular flexibility index (Phi) is 8.06. The molecule has 2 rings (SSSR count). The molecule has 3 N–H and O–H groups in total. The van der Waals surface area contributed by atoms with E-state index < -0.39 is 0 Å². The molecule has 0 aromatic carbocycles. The summed E-state index contributed by atoms with van der Waals surface area (Å²) in [5, 5.41) is 8.84. The molecular weight excluding hydrogens is 334 g/mol. The Morgan fingerprint density at radius 2 is 1.58 bits per heavy atom. The molecule has 0 radical (unpaired) electrons. The van der Waals surface area contributed by atoms with Gasteiger partial charge >= 0.3 is 5.69 Å². The molecule has 2 aromatic heterocycles. The van der Waals surface area contributed by atoms with Crippen molar-refractivity contribution in [1.82, 2.24) is 18.7 Å². The average Bonchev–Trinajstić information content (AvgIpc) is 3.01. The number of fused-ring (bicyclic) bond motifs is 1. The fourth-order valence-corrected chi connectivity index (χ4v) is 3.21. The van der Waals surface area contributed by atoms with Crippen molar-refractivity contribution in [3.63, 3.8) is 0 Å². The fraction of sp³-hybridized carbons (Fsp3) is 0.722. The van der Waals surface area contributed by atoms with E-state index in [1.54, 1.807) is 22.5 Å². The summed E-state index contributed by atoms with van der Waals surface area (Å²) in [7, 11) is 1.78. The number of aromatic nitrogens is 4. The first-order valence-electron chi connectivity index (χ1n) is 9.57. The number of hydrogen-bond donors (Lipinski definition) is 2. The Labute approximate surface area is 153 Å². The largest absolute Gasteiger partial charge is 0.396 e. The molecule has 2 aromatic rings. The molecule has 0 aliphatic rings. The summed E-state index contributed by atoms with van der Waals surface area (Å²) >= 11 is 0. The topological polar surface area (TPSA) is 108 Å². The summed E-state index contributed by atoms with van der Waals surface area (Å²) in [6.07, 6.45) is 8.75. The molecule has 0 atom stereocenters. The van der Waals surface area contributed by atoms with E-state index in [9.17, 15) is 9.59 Å². The fourth-order valence-electron chi connectivity index (χ4n) is 3.21. The van der Waals surface area contributed by atoms with Gasteiger partial charge in [-0.05, 0) is 32.2 Å². The maximum absolute atomic E-state index is 12.9. The van der Waals surface area contributed by atoms with Gasteiger partial charge in [0, 0.05) is 26.7 Å². The third-order valence-corrected chi connectivity index (χ3v) is 4.71. The highest BCUT2D eigenvalue weighted by atomic mass is 16.3. The molecule has 8 heteroatoms. The monoisotopic (exact) mass is 365 g/mol. The van der Waals surface area contributed by atoms with Gasteiger partial charge in [0.2, 0.25) is 0 Å². The van der Waals surface area contributed by atoms with Crippen molar-refractivity contribution >= 4 is 11.2 Å². The Balaban J connectivity index is 2.23. The molecule has 0 saturated carbocycles. The summed E-state index contributed by atoms with van der Waals surface area (Å²) in [6, 6.07) is 0. The van der Waals surface area contributed by atoms with Crippen LogP contribution in [0, 0.1) is 0 Å². The summed E-state index contributed by atoms with van der Waals surface area (Å²) < 4.78 is 4.65. The molecule has 0 aliphatic carbocycles. The number of imidazole rings is 1. The van der Waals surface area contributed by atoms with Crippen LogP contribution in [0.1, 0.15) is 51.4 Å². The lowest BCUT2D eigenvalue weighted by Gasteiger charge is -2.12. The molecular formula is C18H31N5O3. The summed E-state index contributed by atoms with van der Waals surface area (Å²) in [6.45, 7) is 1.82. The van der Waals surface area contributed by atoms with Crippen LogP contribution in [-0.4, -0.2) is 36.9 Å². The van der Waals surface area contributed by atoms with E-state index in [1.807, 2.05) is 0 Å². The molecule has 0 spiro atoms. The number of nitrogens with zero attached hydrogens (tertiary/aromatic N) is 4. The first-order valence-corrected chi connectivity index (χ1v) is 9.57. The predicted octanol–water partition coefficient (Wildman–Crippen LogP) is 0.969. The molecule has 2 heterocycles. The van der Waals surface area contributed by atoms with Crippen LogP contribution in [0.2, 0.25) is 0 Å². The smallest absolute Gasteiger partial charge is 0.332 e. The zero-order chi connectivity index (χ0) is 18.9. The minimum atomic E-state index is -0.276. The van der Waals surface area contributed by atoms with Gasteiger partial charge in [0.05, 0.1) is 6.33 Å². The maximum Gasteiger partial charge on any atom is 0.332 e. The van der Waals surface area contributed by atoms with Crippen LogP contribution >= 0.6 is 0 Å². The van der Waals surface area contributed by atoms with Crippen molar-refractivity contribution in [2.45, 2.75) is 64.5 Å². The van der Waals surface area contributed by atoms with Crippen molar-refractivity contribution in [2.75, 3.05) is 13.2 Å². The highest BCUT2D eigenvalue weighted by molar-refractivity contribution is 5.69. The van der Waals surface area contributed by atoms with Crippen LogP contribution in [0.15, 0.2) is 15.9 Å². The minimum absolute atomic E-state index is 0.178. The van der Waals surface area contributed by atoms with Crippen LogP contribution in [0.3, 0.4) is 0 Å². The molecule has 8 nitrogen and oxygen atoms in total. The second kappa shape index (κ2) is 10.3. The maximum atomic E-state index is 12.9. The number of aliphatic hydroxyl groups excluding tert-OH is 1. The van der Waals surface area contributed by atoms with E-state index in [1.165, 1.54) is 4.57 Å². The highest BCUT2D eigenvalue weighted by Crippen LogP contribution is 2.08. The number of rotatable bonds is 12. The number of aliphatic hydroxyl groups is 1. The van der Waals surface area contributed by atoms with E-state index in [2.05, 4.69) is 4.98 Å². The molecule has 0 amide bonds. The number of hydrogen-bond acceptors (Lipinski definition) is 5. The summed E-state index contributed by atoms with van der Waals surface area (Å²) in [5.74, 6) is 0. The van der Waals surface area contributed by atoms with Crippen LogP contribution < -0.4 is 17.0 Å². The van der Waals surface area contributed by atoms with Crippen LogP contribution in [0.5, 0.6) is 0 Å². The van der Waals surface area contributed by atoms with Gasteiger partial charge in [-0.25, -0.2) is 9.78 Å². The zero-order valence-electron chi connectivity index (χ0n) is 15.7. The zero-order valence-corrected chi connectivity index (χ0v) is 15.7.